The highest BCUT2D eigenvalue weighted by Gasteiger charge is 2.17. The standard InChI is InChI=1S/C17H29N3/c1-4-14-7-6-9-20(10-8-14)17-12-15(13-18-3)11-16(5-2)19-17/h11-12,14,18H,4-10,13H2,1-3H3. The number of rotatable bonds is 5. The van der Waals surface area contributed by atoms with Crippen LogP contribution in [0.5, 0.6) is 0 Å². The van der Waals surface area contributed by atoms with Crippen LogP contribution in [0.3, 0.4) is 0 Å². The Kier molecular flexibility index (Phi) is 5.84. The maximum atomic E-state index is 4.85. The molecule has 1 atom stereocenters. The second-order valence-electron chi connectivity index (χ2n) is 5.90. The summed E-state index contributed by atoms with van der Waals surface area (Å²) in [6, 6.07) is 4.49. The zero-order valence-corrected chi connectivity index (χ0v) is 13.3. The fourth-order valence-electron chi connectivity index (χ4n) is 3.09. The van der Waals surface area contributed by atoms with Crippen LogP contribution in [0.2, 0.25) is 0 Å². The molecule has 1 fully saturated rings. The minimum atomic E-state index is 0.908. The SMILES string of the molecule is CCc1cc(CNC)cc(N2CCCC(CC)CC2)n1. The van der Waals surface area contributed by atoms with Crippen LogP contribution in [-0.4, -0.2) is 25.1 Å². The molecule has 2 rings (SSSR count). The lowest BCUT2D eigenvalue weighted by atomic mass is 9.98. The zero-order chi connectivity index (χ0) is 14.4. The predicted molar refractivity (Wildman–Crippen MR) is 86.2 cm³/mol. The Labute approximate surface area is 123 Å². The van der Waals surface area contributed by atoms with Crippen molar-refractivity contribution < 1.29 is 0 Å². The summed E-state index contributed by atoms with van der Waals surface area (Å²) in [7, 11) is 2.00. The van der Waals surface area contributed by atoms with Gasteiger partial charge in [0.1, 0.15) is 5.82 Å². The number of hydrogen-bond acceptors (Lipinski definition) is 3. The van der Waals surface area contributed by atoms with E-state index in [-0.39, 0.29) is 0 Å². The first-order valence-corrected chi connectivity index (χ1v) is 8.16. The van der Waals surface area contributed by atoms with Crippen LogP contribution in [0.15, 0.2) is 12.1 Å². The molecule has 1 aromatic rings. The summed E-state index contributed by atoms with van der Waals surface area (Å²) < 4.78 is 0. The van der Waals surface area contributed by atoms with Crippen molar-refractivity contribution in [2.75, 3.05) is 25.0 Å². The van der Waals surface area contributed by atoms with E-state index in [9.17, 15) is 0 Å². The highest BCUT2D eigenvalue weighted by Crippen LogP contribution is 2.24. The maximum Gasteiger partial charge on any atom is 0.129 e. The molecule has 3 heteroatoms. The summed E-state index contributed by atoms with van der Waals surface area (Å²) in [6.07, 6.45) is 6.33. The fourth-order valence-corrected chi connectivity index (χ4v) is 3.09. The molecule has 1 saturated heterocycles. The molecule has 3 nitrogen and oxygen atoms in total. The quantitative estimate of drug-likeness (QED) is 0.893. The predicted octanol–water partition coefficient (Wildman–Crippen LogP) is 3.38. The second kappa shape index (κ2) is 7.63. The number of nitrogens with one attached hydrogen (secondary N) is 1. The van der Waals surface area contributed by atoms with Gasteiger partial charge in [-0.1, -0.05) is 20.3 Å². The van der Waals surface area contributed by atoms with E-state index in [4.69, 9.17) is 4.98 Å². The van der Waals surface area contributed by atoms with Crippen LogP contribution in [-0.2, 0) is 13.0 Å². The Balaban J connectivity index is 2.15. The molecule has 1 aliphatic rings. The number of aromatic nitrogens is 1. The number of anilines is 1. The van der Waals surface area contributed by atoms with Gasteiger partial charge < -0.3 is 10.2 Å². The van der Waals surface area contributed by atoms with Crippen LogP contribution in [0.25, 0.3) is 0 Å². The number of pyridine rings is 1. The van der Waals surface area contributed by atoms with E-state index < -0.39 is 0 Å². The molecule has 0 saturated carbocycles. The van der Waals surface area contributed by atoms with Crippen LogP contribution >= 0.6 is 0 Å². The third kappa shape index (κ3) is 3.95. The first-order valence-electron chi connectivity index (χ1n) is 8.16. The van der Waals surface area contributed by atoms with Crippen molar-refractivity contribution in [1.29, 1.82) is 0 Å². The average molecular weight is 275 g/mol. The molecular weight excluding hydrogens is 246 g/mol. The van der Waals surface area contributed by atoms with Crippen LogP contribution in [0, 0.1) is 5.92 Å². The first kappa shape index (κ1) is 15.3. The molecule has 0 amide bonds. The van der Waals surface area contributed by atoms with E-state index in [0.29, 0.717) is 0 Å². The maximum absolute atomic E-state index is 4.85. The van der Waals surface area contributed by atoms with Crippen molar-refractivity contribution in [1.82, 2.24) is 10.3 Å². The lowest BCUT2D eigenvalue weighted by molar-refractivity contribution is 0.459. The number of hydrogen-bond donors (Lipinski definition) is 1. The van der Waals surface area contributed by atoms with E-state index in [1.807, 2.05) is 7.05 Å². The molecule has 0 bridgehead atoms. The molecule has 0 radical (unpaired) electrons. The second-order valence-corrected chi connectivity index (χ2v) is 5.90. The third-order valence-electron chi connectivity index (χ3n) is 4.42. The molecule has 0 aliphatic carbocycles. The summed E-state index contributed by atoms with van der Waals surface area (Å²) in [6.45, 7) is 7.76. The van der Waals surface area contributed by atoms with Gasteiger partial charge in [0.05, 0.1) is 0 Å². The van der Waals surface area contributed by atoms with Gasteiger partial charge in [-0.3, -0.25) is 0 Å². The molecule has 1 aromatic heterocycles. The zero-order valence-electron chi connectivity index (χ0n) is 13.3. The Bertz CT molecular complexity index is 417. The number of aryl methyl sites for hydroxylation is 1. The van der Waals surface area contributed by atoms with Gasteiger partial charge in [-0.2, -0.15) is 0 Å². The molecule has 2 heterocycles. The van der Waals surface area contributed by atoms with Gasteiger partial charge in [0.25, 0.3) is 0 Å². The minimum Gasteiger partial charge on any atom is -0.357 e. The lowest BCUT2D eigenvalue weighted by Crippen LogP contribution is -2.26. The van der Waals surface area contributed by atoms with E-state index in [2.05, 4.69) is 36.2 Å². The van der Waals surface area contributed by atoms with E-state index in [1.165, 1.54) is 42.8 Å². The summed E-state index contributed by atoms with van der Waals surface area (Å²) in [5.74, 6) is 2.09. The molecule has 1 unspecified atom stereocenters. The average Bonchev–Trinajstić information content (AvgIpc) is 2.72. The topological polar surface area (TPSA) is 28.2 Å². The van der Waals surface area contributed by atoms with E-state index in [1.54, 1.807) is 0 Å². The Morgan fingerprint density at radius 1 is 1.25 bits per heavy atom. The van der Waals surface area contributed by atoms with Gasteiger partial charge in [0, 0.05) is 25.3 Å². The van der Waals surface area contributed by atoms with Crippen molar-refractivity contribution in [2.45, 2.75) is 52.5 Å². The molecule has 1 aliphatic heterocycles. The van der Waals surface area contributed by atoms with Gasteiger partial charge in [0.2, 0.25) is 0 Å². The molecular formula is C17H29N3. The van der Waals surface area contributed by atoms with Crippen LogP contribution in [0.4, 0.5) is 5.82 Å². The monoisotopic (exact) mass is 275 g/mol. The van der Waals surface area contributed by atoms with Crippen LogP contribution < -0.4 is 10.2 Å². The highest BCUT2D eigenvalue weighted by atomic mass is 15.2. The first-order chi connectivity index (χ1) is 9.76. The summed E-state index contributed by atoms with van der Waals surface area (Å²) in [5, 5.41) is 3.25. The van der Waals surface area contributed by atoms with Crippen molar-refractivity contribution in [3.63, 3.8) is 0 Å². The molecule has 0 aromatic carbocycles. The largest absolute Gasteiger partial charge is 0.357 e. The summed E-state index contributed by atoms with van der Waals surface area (Å²) >= 11 is 0. The summed E-state index contributed by atoms with van der Waals surface area (Å²) in [4.78, 5) is 7.34. The highest BCUT2D eigenvalue weighted by molar-refractivity contribution is 5.43. The normalized spacial score (nSPS) is 19.9. The van der Waals surface area contributed by atoms with Gasteiger partial charge in [0.15, 0.2) is 0 Å². The van der Waals surface area contributed by atoms with Gasteiger partial charge in [-0.05, 0) is 56.3 Å². The van der Waals surface area contributed by atoms with E-state index >= 15 is 0 Å². The van der Waals surface area contributed by atoms with Crippen molar-refractivity contribution in [3.05, 3.63) is 23.4 Å². The van der Waals surface area contributed by atoms with Crippen molar-refractivity contribution in [3.8, 4) is 0 Å². The van der Waals surface area contributed by atoms with Crippen molar-refractivity contribution in [2.24, 2.45) is 5.92 Å². The molecule has 1 N–H and O–H groups in total. The third-order valence-corrected chi connectivity index (χ3v) is 4.42. The Hall–Kier alpha value is -1.09. The van der Waals surface area contributed by atoms with Crippen LogP contribution in [0.1, 0.15) is 50.8 Å². The fraction of sp³-hybridized carbons (Fsp3) is 0.706. The molecule has 0 spiro atoms. The van der Waals surface area contributed by atoms with E-state index in [0.717, 1.165) is 32.0 Å². The summed E-state index contributed by atoms with van der Waals surface area (Å²) in [5.41, 5.74) is 2.56. The van der Waals surface area contributed by atoms with Crippen molar-refractivity contribution >= 4 is 5.82 Å². The van der Waals surface area contributed by atoms with Gasteiger partial charge in [-0.15, -0.1) is 0 Å². The van der Waals surface area contributed by atoms with Gasteiger partial charge in [-0.25, -0.2) is 4.98 Å². The Morgan fingerprint density at radius 3 is 2.80 bits per heavy atom. The van der Waals surface area contributed by atoms with Gasteiger partial charge >= 0.3 is 0 Å². The minimum absolute atomic E-state index is 0.908. The lowest BCUT2D eigenvalue weighted by Gasteiger charge is -2.23. The number of nitrogens with zero attached hydrogens (tertiary/aromatic N) is 2. The molecule has 112 valence electrons. The smallest absolute Gasteiger partial charge is 0.129 e. The molecule has 20 heavy (non-hydrogen) atoms. The Morgan fingerprint density at radius 2 is 2.10 bits per heavy atom.